The molecule has 1 amide bonds. The molecule has 0 aliphatic carbocycles. The Kier molecular flexibility index (Phi) is 6.11. The highest BCUT2D eigenvalue weighted by Crippen LogP contribution is 2.10. The number of nitrogens with one attached hydrogen (secondary N) is 2. The van der Waals surface area contributed by atoms with Gasteiger partial charge in [0.15, 0.2) is 5.54 Å². The van der Waals surface area contributed by atoms with Crippen LogP contribution in [0, 0.1) is 0 Å². The van der Waals surface area contributed by atoms with E-state index >= 15 is 0 Å². The van der Waals surface area contributed by atoms with Crippen molar-refractivity contribution in [1.29, 1.82) is 0 Å². The molecule has 0 saturated heterocycles. The van der Waals surface area contributed by atoms with E-state index in [2.05, 4.69) is 10.6 Å². The van der Waals surface area contributed by atoms with Crippen LogP contribution in [-0.4, -0.2) is 43.4 Å². The molecule has 0 spiro atoms. The number of hydrogen-bond acceptors (Lipinski definition) is 5. The number of carbonyl (C=O) groups excluding carboxylic acids is 2. The number of methoxy groups -OCH3 is 1. The average molecular weight is 260 g/mol. The van der Waals surface area contributed by atoms with Crippen LogP contribution in [0.1, 0.15) is 34.6 Å². The first-order valence-electron chi connectivity index (χ1n) is 5.95. The van der Waals surface area contributed by atoms with E-state index in [4.69, 9.17) is 9.47 Å². The zero-order valence-electron chi connectivity index (χ0n) is 12.0. The molecule has 0 fully saturated rings. The molecule has 0 aliphatic rings. The van der Waals surface area contributed by atoms with Gasteiger partial charge in [0, 0.05) is 6.54 Å². The molecule has 6 nitrogen and oxygen atoms in total. The third-order valence-corrected chi connectivity index (χ3v) is 2.14. The summed E-state index contributed by atoms with van der Waals surface area (Å²) in [6.07, 6.45) is -0.645. The number of ether oxygens (including phenoxy) is 2. The van der Waals surface area contributed by atoms with E-state index in [9.17, 15) is 9.59 Å². The maximum absolute atomic E-state index is 11.7. The summed E-state index contributed by atoms with van der Waals surface area (Å²) >= 11 is 0. The van der Waals surface area contributed by atoms with Crippen LogP contribution in [0.4, 0.5) is 4.79 Å². The van der Waals surface area contributed by atoms with Crippen molar-refractivity contribution < 1.29 is 19.1 Å². The first kappa shape index (κ1) is 16.7. The van der Waals surface area contributed by atoms with Crippen LogP contribution in [0.25, 0.3) is 0 Å². The third-order valence-electron chi connectivity index (χ3n) is 2.14. The highest BCUT2D eigenvalue weighted by Gasteiger charge is 2.37. The number of amides is 1. The summed E-state index contributed by atoms with van der Waals surface area (Å²) < 4.78 is 9.82. The van der Waals surface area contributed by atoms with E-state index in [1.54, 1.807) is 27.7 Å². The number of rotatable bonds is 5. The van der Waals surface area contributed by atoms with Gasteiger partial charge in [-0.1, -0.05) is 6.92 Å². The van der Waals surface area contributed by atoms with Crippen LogP contribution in [0.5, 0.6) is 0 Å². The van der Waals surface area contributed by atoms with Crippen molar-refractivity contribution in [2.45, 2.75) is 45.8 Å². The molecular formula is C12H24N2O4. The topological polar surface area (TPSA) is 76.7 Å². The molecular weight excluding hydrogens is 236 g/mol. The van der Waals surface area contributed by atoms with Gasteiger partial charge < -0.3 is 20.1 Å². The zero-order valence-corrected chi connectivity index (χ0v) is 12.0. The van der Waals surface area contributed by atoms with E-state index in [-0.39, 0.29) is 6.54 Å². The van der Waals surface area contributed by atoms with Gasteiger partial charge in [0.25, 0.3) is 0 Å². The molecule has 1 unspecified atom stereocenters. The van der Waals surface area contributed by atoms with Crippen LogP contribution < -0.4 is 10.6 Å². The Labute approximate surface area is 108 Å². The summed E-state index contributed by atoms with van der Waals surface area (Å²) in [5.41, 5.74) is -1.76. The molecule has 0 heterocycles. The minimum atomic E-state index is -1.15. The van der Waals surface area contributed by atoms with Crippen LogP contribution in [0.2, 0.25) is 0 Å². The molecule has 0 aliphatic heterocycles. The average Bonchev–Trinajstić information content (AvgIpc) is 2.22. The molecule has 0 bridgehead atoms. The fourth-order valence-corrected chi connectivity index (χ4v) is 1.30. The normalized spacial score (nSPS) is 14.6. The first-order valence-corrected chi connectivity index (χ1v) is 5.95. The Morgan fingerprint density at radius 1 is 1.17 bits per heavy atom. The smallest absolute Gasteiger partial charge is 0.408 e. The second kappa shape index (κ2) is 6.58. The van der Waals surface area contributed by atoms with Crippen molar-refractivity contribution in [2.24, 2.45) is 0 Å². The van der Waals surface area contributed by atoms with Crippen LogP contribution >= 0.6 is 0 Å². The van der Waals surface area contributed by atoms with Crippen molar-refractivity contribution in [3.63, 3.8) is 0 Å². The maximum Gasteiger partial charge on any atom is 0.408 e. The predicted molar refractivity (Wildman–Crippen MR) is 68.3 cm³/mol. The van der Waals surface area contributed by atoms with Gasteiger partial charge in [-0.25, -0.2) is 9.59 Å². The van der Waals surface area contributed by atoms with E-state index in [0.717, 1.165) is 0 Å². The van der Waals surface area contributed by atoms with Gasteiger partial charge in [0.05, 0.1) is 7.11 Å². The second-order valence-corrected chi connectivity index (χ2v) is 5.23. The maximum atomic E-state index is 11.7. The van der Waals surface area contributed by atoms with Gasteiger partial charge in [0.2, 0.25) is 0 Å². The van der Waals surface area contributed by atoms with E-state index in [1.165, 1.54) is 7.11 Å². The first-order chi connectivity index (χ1) is 8.14. The van der Waals surface area contributed by atoms with E-state index in [0.29, 0.717) is 6.54 Å². The molecule has 18 heavy (non-hydrogen) atoms. The second-order valence-electron chi connectivity index (χ2n) is 5.23. The van der Waals surface area contributed by atoms with Crippen LogP contribution in [0.3, 0.4) is 0 Å². The Bertz CT molecular complexity index is 299. The van der Waals surface area contributed by atoms with E-state index < -0.39 is 23.2 Å². The Morgan fingerprint density at radius 2 is 1.72 bits per heavy atom. The number of carbonyl (C=O) groups is 2. The van der Waals surface area contributed by atoms with Crippen molar-refractivity contribution >= 4 is 12.1 Å². The molecule has 0 aromatic heterocycles. The molecule has 0 aromatic rings. The van der Waals surface area contributed by atoms with Crippen LogP contribution in [-0.2, 0) is 14.3 Å². The highest BCUT2D eigenvalue weighted by atomic mass is 16.6. The molecule has 0 saturated carbocycles. The molecule has 2 N–H and O–H groups in total. The van der Waals surface area contributed by atoms with Crippen molar-refractivity contribution in [3.05, 3.63) is 0 Å². The fraction of sp³-hybridized carbons (Fsp3) is 0.833. The van der Waals surface area contributed by atoms with Crippen LogP contribution in [0.15, 0.2) is 0 Å². The Morgan fingerprint density at radius 3 is 2.11 bits per heavy atom. The molecule has 106 valence electrons. The zero-order chi connectivity index (χ0) is 14.4. The van der Waals surface area contributed by atoms with Gasteiger partial charge in [-0.3, -0.25) is 0 Å². The van der Waals surface area contributed by atoms with Gasteiger partial charge in [-0.15, -0.1) is 0 Å². The monoisotopic (exact) mass is 260 g/mol. The lowest BCUT2D eigenvalue weighted by Gasteiger charge is -2.29. The predicted octanol–water partition coefficient (Wildman–Crippen LogP) is 1.05. The SMILES string of the molecule is CCNCC(C)(NC(=O)OC(C)(C)C)C(=O)OC. The number of likely N-dealkylation sites (N-methyl/N-ethyl adjacent to an activating group) is 1. The summed E-state index contributed by atoms with van der Waals surface area (Å²) in [6.45, 7) is 9.72. The summed E-state index contributed by atoms with van der Waals surface area (Å²) in [6, 6.07) is 0. The minimum absolute atomic E-state index is 0.273. The Balaban J connectivity index is 4.69. The van der Waals surface area contributed by atoms with Gasteiger partial charge in [0.1, 0.15) is 5.60 Å². The fourth-order valence-electron chi connectivity index (χ4n) is 1.30. The quantitative estimate of drug-likeness (QED) is 0.723. The lowest BCUT2D eigenvalue weighted by atomic mass is 10.0. The van der Waals surface area contributed by atoms with Gasteiger partial charge >= 0.3 is 12.1 Å². The standard InChI is InChI=1S/C12H24N2O4/c1-7-13-8-12(5,9(15)17-6)14-10(16)18-11(2,3)4/h13H,7-8H2,1-6H3,(H,14,16). The number of alkyl carbamates (subject to hydrolysis) is 1. The lowest BCUT2D eigenvalue weighted by molar-refractivity contribution is -0.147. The number of hydrogen-bond donors (Lipinski definition) is 2. The number of esters is 1. The summed E-state index contributed by atoms with van der Waals surface area (Å²) in [7, 11) is 1.28. The van der Waals surface area contributed by atoms with E-state index in [1.807, 2.05) is 6.92 Å². The molecule has 1 atom stereocenters. The lowest BCUT2D eigenvalue weighted by Crippen LogP contribution is -2.59. The van der Waals surface area contributed by atoms with Crippen molar-refractivity contribution in [1.82, 2.24) is 10.6 Å². The van der Waals surface area contributed by atoms with Crippen molar-refractivity contribution in [2.75, 3.05) is 20.2 Å². The minimum Gasteiger partial charge on any atom is -0.467 e. The summed E-state index contributed by atoms with van der Waals surface area (Å²) in [4.78, 5) is 23.4. The Hall–Kier alpha value is -1.30. The molecule has 0 rings (SSSR count). The summed E-state index contributed by atoms with van der Waals surface area (Å²) in [5, 5.41) is 5.54. The molecule has 6 heteroatoms. The van der Waals surface area contributed by atoms with Gasteiger partial charge in [-0.05, 0) is 34.2 Å². The highest BCUT2D eigenvalue weighted by molar-refractivity contribution is 5.85. The van der Waals surface area contributed by atoms with Crippen molar-refractivity contribution in [3.8, 4) is 0 Å². The van der Waals surface area contributed by atoms with Gasteiger partial charge in [-0.2, -0.15) is 0 Å². The third kappa shape index (κ3) is 5.86. The molecule has 0 radical (unpaired) electrons. The molecule has 0 aromatic carbocycles. The summed E-state index contributed by atoms with van der Waals surface area (Å²) in [5.74, 6) is -0.519. The largest absolute Gasteiger partial charge is 0.467 e.